The monoisotopic (exact) mass is 391 g/mol. The maximum atomic E-state index is 13.3. The van der Waals surface area contributed by atoms with E-state index in [1.54, 1.807) is 0 Å². The summed E-state index contributed by atoms with van der Waals surface area (Å²) in [7, 11) is 0. The van der Waals surface area contributed by atoms with Gasteiger partial charge in [-0.1, -0.05) is 55.7 Å². The lowest BCUT2D eigenvalue weighted by molar-refractivity contribution is 0.103. The summed E-state index contributed by atoms with van der Waals surface area (Å²) in [5.74, 6) is -0.0282. The van der Waals surface area contributed by atoms with Gasteiger partial charge >= 0.3 is 0 Å². The van der Waals surface area contributed by atoms with Crippen molar-refractivity contribution >= 4 is 35.4 Å². The van der Waals surface area contributed by atoms with Gasteiger partial charge in [0.15, 0.2) is 5.78 Å². The molecule has 2 aliphatic rings. The largest absolute Gasteiger partial charge is 0.289 e. The molecule has 0 unspecified atom stereocenters. The summed E-state index contributed by atoms with van der Waals surface area (Å²) in [5, 5.41) is 0. The van der Waals surface area contributed by atoms with Gasteiger partial charge in [-0.05, 0) is 84.5 Å². The molecule has 6 bridgehead atoms. The van der Waals surface area contributed by atoms with Crippen molar-refractivity contribution in [2.45, 2.75) is 25.7 Å². The Labute approximate surface area is 178 Å². The van der Waals surface area contributed by atoms with Crippen LogP contribution in [-0.2, 0) is 0 Å². The minimum absolute atomic E-state index is 0.0282. The molecule has 0 fully saturated rings. The summed E-state index contributed by atoms with van der Waals surface area (Å²) in [6.07, 6.45) is 9.99. The molecular weight excluding hydrogens is 366 g/mol. The van der Waals surface area contributed by atoms with E-state index in [0.717, 1.165) is 59.2 Å². The van der Waals surface area contributed by atoms with Crippen LogP contribution in [0.2, 0.25) is 0 Å². The highest BCUT2D eigenvalue weighted by Gasteiger charge is 2.19. The zero-order valence-corrected chi connectivity index (χ0v) is 17.2. The van der Waals surface area contributed by atoms with E-state index in [-0.39, 0.29) is 5.78 Å². The molecule has 0 aromatic heterocycles. The predicted octanol–water partition coefficient (Wildman–Crippen LogP) is 7.36. The third-order valence-corrected chi connectivity index (χ3v) is 5.95. The first-order chi connectivity index (χ1) is 14.5. The van der Waals surface area contributed by atoms with Crippen LogP contribution in [-0.4, -0.2) is 12.5 Å². The van der Waals surface area contributed by atoms with Gasteiger partial charge in [0.1, 0.15) is 0 Å². The Morgan fingerprint density at radius 3 is 2.40 bits per heavy atom. The second-order valence-corrected chi connectivity index (χ2v) is 7.79. The number of rotatable bonds is 2. The average Bonchev–Trinajstić information content (AvgIpc) is 2.80. The van der Waals surface area contributed by atoms with Crippen LogP contribution < -0.4 is 0 Å². The fourth-order valence-corrected chi connectivity index (χ4v) is 4.19. The zero-order valence-electron chi connectivity index (χ0n) is 17.2. The molecule has 2 aromatic carbocycles. The number of ketones is 1. The Morgan fingerprint density at radius 2 is 1.67 bits per heavy atom. The number of fused-ring (bicyclic) bond motifs is 5. The maximum absolute atomic E-state index is 13.3. The summed E-state index contributed by atoms with van der Waals surface area (Å²) >= 11 is 0. The Balaban J connectivity index is 1.93. The molecule has 4 rings (SSSR count). The number of carbonyl (C=O) groups excluding carboxylic acids is 1. The van der Waals surface area contributed by atoms with Gasteiger partial charge in [0.25, 0.3) is 0 Å². The molecule has 0 aliphatic heterocycles. The van der Waals surface area contributed by atoms with Gasteiger partial charge in [-0.15, -0.1) is 0 Å². The van der Waals surface area contributed by atoms with Crippen molar-refractivity contribution in [2.75, 3.05) is 0 Å². The maximum Gasteiger partial charge on any atom is 0.193 e. The SMILES string of the molecule is C=Cc1ccc2cc1C(=C)CCC1=CCCC(=C1)C(=C)c1cc(ccc1N=C)C2=O. The number of allylic oxidation sites excluding steroid dienone is 6. The van der Waals surface area contributed by atoms with Crippen molar-refractivity contribution in [2.24, 2.45) is 4.99 Å². The van der Waals surface area contributed by atoms with Gasteiger partial charge in [-0.3, -0.25) is 9.79 Å². The van der Waals surface area contributed by atoms with Gasteiger partial charge < -0.3 is 0 Å². The van der Waals surface area contributed by atoms with Gasteiger partial charge in [-0.25, -0.2) is 0 Å². The second kappa shape index (κ2) is 8.08. The zero-order chi connectivity index (χ0) is 21.3. The number of carbonyl (C=O) groups is 1. The van der Waals surface area contributed by atoms with E-state index in [4.69, 9.17) is 0 Å². The molecular formula is C28H25NO. The van der Waals surface area contributed by atoms with Crippen molar-refractivity contribution in [1.82, 2.24) is 0 Å². The van der Waals surface area contributed by atoms with E-state index in [1.165, 1.54) is 11.1 Å². The summed E-state index contributed by atoms with van der Waals surface area (Å²) in [5.41, 5.74) is 9.28. The van der Waals surface area contributed by atoms with Crippen LogP contribution in [0.4, 0.5) is 5.69 Å². The normalized spacial score (nSPS) is 16.3. The molecule has 0 N–H and O–H groups in total. The Kier molecular flexibility index (Phi) is 5.33. The summed E-state index contributed by atoms with van der Waals surface area (Å²) in [6.45, 7) is 16.3. The van der Waals surface area contributed by atoms with Gasteiger partial charge in [-0.2, -0.15) is 0 Å². The average molecular weight is 392 g/mol. The van der Waals surface area contributed by atoms with Crippen LogP contribution in [0, 0.1) is 0 Å². The third-order valence-electron chi connectivity index (χ3n) is 5.95. The molecule has 2 aromatic rings. The summed E-state index contributed by atoms with van der Waals surface area (Å²) < 4.78 is 0. The third kappa shape index (κ3) is 3.57. The van der Waals surface area contributed by atoms with Crippen LogP contribution in [0.15, 0.2) is 84.4 Å². The van der Waals surface area contributed by atoms with Crippen molar-refractivity contribution in [3.8, 4) is 0 Å². The first kappa shape index (κ1) is 19.8. The molecule has 0 radical (unpaired) electrons. The van der Waals surface area contributed by atoms with Crippen molar-refractivity contribution in [3.05, 3.63) is 107 Å². The number of nitrogens with zero attached hydrogens (tertiary/aromatic N) is 1. The van der Waals surface area contributed by atoms with Crippen LogP contribution in [0.1, 0.15) is 58.3 Å². The number of hydrogen-bond donors (Lipinski definition) is 0. The molecule has 0 amide bonds. The van der Waals surface area contributed by atoms with E-state index < -0.39 is 0 Å². The molecule has 2 heteroatoms. The number of hydrogen-bond acceptors (Lipinski definition) is 2. The minimum atomic E-state index is -0.0282. The Bertz CT molecular complexity index is 1170. The molecule has 0 spiro atoms. The first-order valence-corrected chi connectivity index (χ1v) is 10.2. The quantitative estimate of drug-likeness (QED) is 0.492. The molecule has 0 heterocycles. The topological polar surface area (TPSA) is 29.4 Å². The molecule has 30 heavy (non-hydrogen) atoms. The van der Waals surface area contributed by atoms with E-state index in [9.17, 15) is 4.79 Å². The van der Waals surface area contributed by atoms with Crippen LogP contribution in [0.5, 0.6) is 0 Å². The lowest BCUT2D eigenvalue weighted by atomic mass is 9.85. The number of benzene rings is 2. The first-order valence-electron chi connectivity index (χ1n) is 10.2. The molecule has 148 valence electrons. The molecule has 2 nitrogen and oxygen atoms in total. The van der Waals surface area contributed by atoms with Gasteiger partial charge in [0.05, 0.1) is 5.69 Å². The van der Waals surface area contributed by atoms with Crippen LogP contribution >= 0.6 is 0 Å². The van der Waals surface area contributed by atoms with Crippen molar-refractivity contribution < 1.29 is 4.79 Å². The lowest BCUT2D eigenvalue weighted by Gasteiger charge is -2.20. The van der Waals surface area contributed by atoms with E-state index in [1.807, 2.05) is 42.5 Å². The molecule has 2 aliphatic carbocycles. The van der Waals surface area contributed by atoms with Crippen LogP contribution in [0.25, 0.3) is 17.2 Å². The summed E-state index contributed by atoms with van der Waals surface area (Å²) in [6, 6.07) is 11.3. The Morgan fingerprint density at radius 1 is 0.933 bits per heavy atom. The Hall–Kier alpha value is -3.52. The smallest absolute Gasteiger partial charge is 0.193 e. The highest BCUT2D eigenvalue weighted by molar-refractivity contribution is 6.10. The van der Waals surface area contributed by atoms with E-state index in [2.05, 4.69) is 43.6 Å². The lowest BCUT2D eigenvalue weighted by Crippen LogP contribution is -2.05. The molecule has 0 saturated carbocycles. The van der Waals surface area contributed by atoms with E-state index in [0.29, 0.717) is 11.1 Å². The van der Waals surface area contributed by atoms with E-state index >= 15 is 0 Å². The van der Waals surface area contributed by atoms with Crippen LogP contribution in [0.3, 0.4) is 0 Å². The van der Waals surface area contributed by atoms with Gasteiger partial charge in [0.2, 0.25) is 0 Å². The fraction of sp³-hybridized carbons (Fsp3) is 0.143. The molecule has 0 atom stereocenters. The summed E-state index contributed by atoms with van der Waals surface area (Å²) in [4.78, 5) is 17.5. The van der Waals surface area contributed by atoms with Crippen molar-refractivity contribution in [1.29, 1.82) is 0 Å². The van der Waals surface area contributed by atoms with Crippen molar-refractivity contribution in [3.63, 3.8) is 0 Å². The predicted molar refractivity (Wildman–Crippen MR) is 128 cm³/mol. The highest BCUT2D eigenvalue weighted by atomic mass is 16.1. The number of aliphatic imine (C=N–C) groups is 1. The second-order valence-electron chi connectivity index (χ2n) is 7.79. The minimum Gasteiger partial charge on any atom is -0.289 e. The highest BCUT2D eigenvalue weighted by Crippen LogP contribution is 2.37. The molecule has 0 saturated heterocycles. The van der Waals surface area contributed by atoms with Gasteiger partial charge in [0, 0.05) is 16.7 Å². The fourth-order valence-electron chi connectivity index (χ4n) is 4.19. The standard InChI is InChI=1S/C28H25NO/c1-5-21-11-12-23-16-25(21)18(2)9-10-20-7-6-8-22(15-20)19(3)26-17-24(28(23)30)13-14-27(26)29-4/h5,7,11-17H,1-4,6,8-10H2.